The summed E-state index contributed by atoms with van der Waals surface area (Å²) in [5.74, 6) is -1.07. The van der Waals surface area contributed by atoms with E-state index in [-0.39, 0.29) is 5.92 Å². The standard InChI is InChI=1S/C7H12O2.C6H6N2O/c8-7(9)6-4-2-1-3-5-6;7-6(9)5-2-1-3-8-4-5/h6H,1-5H2,(H,8,9);1-4H,(H2,7,9). The molecule has 3 N–H and O–H groups in total. The number of hydrogen-bond donors (Lipinski definition) is 2. The minimum absolute atomic E-state index is 0.0289. The van der Waals surface area contributed by atoms with E-state index in [9.17, 15) is 9.59 Å². The predicted octanol–water partition coefficient (Wildman–Crippen LogP) is 1.83. The second kappa shape index (κ2) is 7.42. The lowest BCUT2D eigenvalue weighted by Gasteiger charge is -2.16. The van der Waals surface area contributed by atoms with Gasteiger partial charge in [-0.1, -0.05) is 19.3 Å². The molecule has 0 unspecified atom stereocenters. The molecule has 1 aromatic heterocycles. The summed E-state index contributed by atoms with van der Waals surface area (Å²) in [6.45, 7) is 0. The molecule has 5 heteroatoms. The molecular formula is C13H18N2O3. The van der Waals surface area contributed by atoms with Crippen molar-refractivity contribution < 1.29 is 14.7 Å². The van der Waals surface area contributed by atoms with E-state index < -0.39 is 11.9 Å². The van der Waals surface area contributed by atoms with Gasteiger partial charge in [0.05, 0.1) is 11.5 Å². The van der Waals surface area contributed by atoms with Crippen molar-refractivity contribution in [2.45, 2.75) is 32.1 Å². The largest absolute Gasteiger partial charge is 0.481 e. The van der Waals surface area contributed by atoms with Crippen LogP contribution in [0.3, 0.4) is 0 Å². The number of carbonyl (C=O) groups is 2. The normalized spacial score (nSPS) is 15.3. The summed E-state index contributed by atoms with van der Waals surface area (Å²) in [5.41, 5.74) is 5.38. The van der Waals surface area contributed by atoms with Gasteiger partial charge in [-0.15, -0.1) is 0 Å². The molecule has 1 amide bonds. The van der Waals surface area contributed by atoms with E-state index in [2.05, 4.69) is 4.98 Å². The van der Waals surface area contributed by atoms with Gasteiger partial charge in [-0.3, -0.25) is 14.6 Å². The lowest BCUT2D eigenvalue weighted by Crippen LogP contribution is -2.16. The summed E-state index contributed by atoms with van der Waals surface area (Å²) >= 11 is 0. The molecule has 2 rings (SSSR count). The lowest BCUT2D eigenvalue weighted by atomic mass is 9.90. The van der Waals surface area contributed by atoms with Gasteiger partial charge in [0.2, 0.25) is 5.91 Å². The van der Waals surface area contributed by atoms with E-state index in [4.69, 9.17) is 10.8 Å². The zero-order valence-corrected chi connectivity index (χ0v) is 10.2. The first-order chi connectivity index (χ1) is 8.61. The van der Waals surface area contributed by atoms with Crippen LogP contribution in [0.4, 0.5) is 0 Å². The second-order valence-corrected chi connectivity index (χ2v) is 4.28. The highest BCUT2D eigenvalue weighted by molar-refractivity contribution is 5.92. The molecule has 1 fully saturated rings. The van der Waals surface area contributed by atoms with Crippen LogP contribution in [0.25, 0.3) is 0 Å². The molecule has 0 saturated heterocycles. The first kappa shape index (κ1) is 14.2. The van der Waals surface area contributed by atoms with Gasteiger partial charge in [0.1, 0.15) is 0 Å². The minimum Gasteiger partial charge on any atom is -0.481 e. The van der Waals surface area contributed by atoms with Crippen LogP contribution in [0, 0.1) is 5.92 Å². The Balaban J connectivity index is 0.000000180. The third-order valence-electron chi connectivity index (χ3n) is 2.90. The molecule has 0 aliphatic heterocycles. The number of carboxylic acid groups (broad SMARTS) is 1. The van der Waals surface area contributed by atoms with Crippen LogP contribution in [0.2, 0.25) is 0 Å². The molecule has 5 nitrogen and oxygen atoms in total. The fourth-order valence-corrected chi connectivity index (χ4v) is 1.86. The topological polar surface area (TPSA) is 93.3 Å². The third kappa shape index (κ3) is 4.95. The second-order valence-electron chi connectivity index (χ2n) is 4.28. The monoisotopic (exact) mass is 250 g/mol. The van der Waals surface area contributed by atoms with E-state index >= 15 is 0 Å². The first-order valence-corrected chi connectivity index (χ1v) is 6.04. The Morgan fingerprint density at radius 3 is 2.28 bits per heavy atom. The van der Waals surface area contributed by atoms with Crippen LogP contribution in [-0.2, 0) is 4.79 Å². The number of primary amides is 1. The van der Waals surface area contributed by atoms with Gasteiger partial charge >= 0.3 is 5.97 Å². The quantitative estimate of drug-likeness (QED) is 0.837. The molecule has 0 spiro atoms. The van der Waals surface area contributed by atoms with Crippen molar-refractivity contribution in [3.63, 3.8) is 0 Å². The van der Waals surface area contributed by atoms with Crippen LogP contribution >= 0.6 is 0 Å². The van der Waals surface area contributed by atoms with Gasteiger partial charge in [-0.05, 0) is 25.0 Å². The van der Waals surface area contributed by atoms with E-state index in [1.54, 1.807) is 18.3 Å². The van der Waals surface area contributed by atoms with Gasteiger partial charge in [-0.25, -0.2) is 0 Å². The number of nitrogens with two attached hydrogens (primary N) is 1. The molecule has 0 bridgehead atoms. The maximum atomic E-state index is 10.4. The average molecular weight is 250 g/mol. The predicted molar refractivity (Wildman–Crippen MR) is 67.0 cm³/mol. The van der Waals surface area contributed by atoms with Gasteiger partial charge in [0.25, 0.3) is 0 Å². The van der Waals surface area contributed by atoms with E-state index in [0.29, 0.717) is 5.56 Å². The van der Waals surface area contributed by atoms with Crippen LogP contribution in [0.15, 0.2) is 24.5 Å². The molecule has 1 aliphatic rings. The van der Waals surface area contributed by atoms with Crippen molar-refractivity contribution in [3.05, 3.63) is 30.1 Å². The molecule has 1 saturated carbocycles. The van der Waals surface area contributed by atoms with Gasteiger partial charge in [-0.2, -0.15) is 0 Å². The summed E-state index contributed by atoms with van der Waals surface area (Å²) in [7, 11) is 0. The van der Waals surface area contributed by atoms with Crippen molar-refractivity contribution >= 4 is 11.9 Å². The van der Waals surface area contributed by atoms with Gasteiger partial charge in [0, 0.05) is 12.4 Å². The number of amides is 1. The first-order valence-electron chi connectivity index (χ1n) is 6.04. The van der Waals surface area contributed by atoms with Crippen LogP contribution in [0.5, 0.6) is 0 Å². The van der Waals surface area contributed by atoms with Crippen LogP contribution in [0.1, 0.15) is 42.5 Å². The third-order valence-corrected chi connectivity index (χ3v) is 2.90. The van der Waals surface area contributed by atoms with Crippen molar-refractivity contribution in [2.75, 3.05) is 0 Å². The highest BCUT2D eigenvalue weighted by Crippen LogP contribution is 2.23. The van der Waals surface area contributed by atoms with Crippen LogP contribution < -0.4 is 5.73 Å². The SMILES string of the molecule is NC(=O)c1cccnc1.O=C(O)C1CCCCC1. The van der Waals surface area contributed by atoms with E-state index in [0.717, 1.165) is 25.7 Å². The summed E-state index contributed by atoms with van der Waals surface area (Å²) in [5, 5.41) is 8.54. The highest BCUT2D eigenvalue weighted by Gasteiger charge is 2.19. The number of hydrogen-bond acceptors (Lipinski definition) is 3. The van der Waals surface area contributed by atoms with E-state index in [1.807, 2.05) is 0 Å². The Bertz CT molecular complexity index is 386. The number of rotatable bonds is 2. The highest BCUT2D eigenvalue weighted by atomic mass is 16.4. The number of carboxylic acids is 1. The van der Waals surface area contributed by atoms with Crippen molar-refractivity contribution in [3.8, 4) is 0 Å². The zero-order chi connectivity index (χ0) is 13.4. The van der Waals surface area contributed by atoms with Gasteiger partial charge in [0.15, 0.2) is 0 Å². The Morgan fingerprint density at radius 1 is 1.28 bits per heavy atom. The number of aliphatic carboxylic acids is 1. The Labute approximate surface area is 106 Å². The molecule has 0 radical (unpaired) electrons. The Morgan fingerprint density at radius 2 is 1.94 bits per heavy atom. The maximum Gasteiger partial charge on any atom is 0.306 e. The molecule has 98 valence electrons. The Kier molecular flexibility index (Phi) is 5.84. The molecule has 18 heavy (non-hydrogen) atoms. The Hall–Kier alpha value is -1.91. The summed E-state index contributed by atoms with van der Waals surface area (Å²) in [6, 6.07) is 3.29. The zero-order valence-electron chi connectivity index (χ0n) is 10.2. The molecule has 1 aromatic rings. The van der Waals surface area contributed by atoms with Gasteiger partial charge < -0.3 is 10.8 Å². The van der Waals surface area contributed by atoms with Crippen molar-refractivity contribution in [2.24, 2.45) is 11.7 Å². The average Bonchev–Trinajstić information content (AvgIpc) is 2.41. The fraction of sp³-hybridized carbons (Fsp3) is 0.462. The fourth-order valence-electron chi connectivity index (χ4n) is 1.86. The van der Waals surface area contributed by atoms with Crippen molar-refractivity contribution in [1.29, 1.82) is 0 Å². The minimum atomic E-state index is -0.602. The molecule has 1 aliphatic carbocycles. The van der Waals surface area contributed by atoms with E-state index in [1.165, 1.54) is 12.6 Å². The summed E-state index contributed by atoms with van der Waals surface area (Å²) < 4.78 is 0. The summed E-state index contributed by atoms with van der Waals surface area (Å²) in [6.07, 6.45) is 8.26. The number of aromatic nitrogens is 1. The number of nitrogens with zero attached hydrogens (tertiary/aromatic N) is 1. The smallest absolute Gasteiger partial charge is 0.306 e. The molecule has 0 aromatic carbocycles. The number of carbonyl (C=O) groups excluding carboxylic acids is 1. The molecule has 0 atom stereocenters. The maximum absolute atomic E-state index is 10.4. The number of pyridine rings is 1. The van der Waals surface area contributed by atoms with Crippen molar-refractivity contribution in [1.82, 2.24) is 4.98 Å². The summed E-state index contributed by atoms with van der Waals surface area (Å²) in [4.78, 5) is 24.4. The van der Waals surface area contributed by atoms with Crippen LogP contribution in [-0.4, -0.2) is 22.0 Å². The molecular weight excluding hydrogens is 232 g/mol. The molecule has 1 heterocycles. The lowest BCUT2D eigenvalue weighted by molar-refractivity contribution is -0.142.